The first-order valence-corrected chi connectivity index (χ1v) is 5.05. The molecule has 1 aromatic rings. The van der Waals surface area contributed by atoms with Crippen LogP contribution in [0, 0.1) is 0 Å². The van der Waals surface area contributed by atoms with Crippen molar-refractivity contribution in [2.45, 2.75) is 6.42 Å². The summed E-state index contributed by atoms with van der Waals surface area (Å²) in [6.45, 7) is 1.02. The molecule has 0 unspecified atom stereocenters. The van der Waals surface area contributed by atoms with Gasteiger partial charge in [-0.2, -0.15) is 0 Å². The molecular formula is C12H16NO2+. The first kappa shape index (κ1) is 10.0. The summed E-state index contributed by atoms with van der Waals surface area (Å²) in [5, 5.41) is 0. The third-order valence-corrected chi connectivity index (χ3v) is 2.76. The van der Waals surface area contributed by atoms with Gasteiger partial charge in [0.15, 0.2) is 17.7 Å². The smallest absolute Gasteiger partial charge is 0.170 e. The molecule has 0 fully saturated rings. The minimum Gasteiger partial charge on any atom is -0.493 e. The number of methoxy groups -OCH3 is 2. The van der Waals surface area contributed by atoms with Gasteiger partial charge in [0, 0.05) is 17.5 Å². The van der Waals surface area contributed by atoms with E-state index in [1.807, 2.05) is 6.07 Å². The van der Waals surface area contributed by atoms with Crippen molar-refractivity contribution < 1.29 is 14.0 Å². The lowest BCUT2D eigenvalue weighted by atomic mass is 10.0. The zero-order chi connectivity index (χ0) is 10.8. The van der Waals surface area contributed by atoms with Crippen molar-refractivity contribution in [2.24, 2.45) is 0 Å². The second kappa shape index (κ2) is 3.93. The molecule has 0 bridgehead atoms. The van der Waals surface area contributed by atoms with E-state index in [4.69, 9.17) is 9.47 Å². The zero-order valence-corrected chi connectivity index (χ0v) is 9.41. The van der Waals surface area contributed by atoms with Crippen LogP contribution in [-0.2, 0) is 6.42 Å². The van der Waals surface area contributed by atoms with Crippen LogP contribution >= 0.6 is 0 Å². The number of nitrogens with zero attached hydrogens (tertiary/aromatic N) is 1. The lowest BCUT2D eigenvalue weighted by Gasteiger charge is -2.16. The van der Waals surface area contributed by atoms with Crippen LogP contribution in [0.1, 0.15) is 11.1 Å². The third-order valence-electron chi connectivity index (χ3n) is 2.76. The predicted molar refractivity (Wildman–Crippen MR) is 59.5 cm³/mol. The molecule has 0 N–H and O–H groups in total. The number of likely N-dealkylation sites (N-methyl/N-ethyl adjacent to an activating group) is 1. The van der Waals surface area contributed by atoms with Crippen molar-refractivity contribution in [3.8, 4) is 11.5 Å². The van der Waals surface area contributed by atoms with Gasteiger partial charge < -0.3 is 9.47 Å². The Labute approximate surface area is 89.9 Å². The largest absolute Gasteiger partial charge is 0.493 e. The monoisotopic (exact) mass is 206 g/mol. The zero-order valence-electron chi connectivity index (χ0n) is 9.41. The van der Waals surface area contributed by atoms with Crippen LogP contribution in [0.2, 0.25) is 0 Å². The first-order chi connectivity index (χ1) is 7.26. The second-order valence-corrected chi connectivity index (χ2v) is 3.73. The number of ether oxygens (including phenoxy) is 2. The maximum atomic E-state index is 5.41. The molecule has 0 spiro atoms. The van der Waals surface area contributed by atoms with E-state index in [0.29, 0.717) is 0 Å². The van der Waals surface area contributed by atoms with Gasteiger partial charge in [0.2, 0.25) is 0 Å². The Bertz CT molecular complexity index is 410. The third kappa shape index (κ3) is 1.69. The summed E-state index contributed by atoms with van der Waals surface area (Å²) in [5.41, 5.74) is 2.47. The maximum Gasteiger partial charge on any atom is 0.170 e. The van der Waals surface area contributed by atoms with Crippen LogP contribution < -0.4 is 9.47 Å². The summed E-state index contributed by atoms with van der Waals surface area (Å²) in [6.07, 6.45) is 3.14. The summed E-state index contributed by atoms with van der Waals surface area (Å²) in [5.74, 6) is 1.69. The van der Waals surface area contributed by atoms with Crippen LogP contribution in [0.5, 0.6) is 11.5 Å². The fourth-order valence-corrected chi connectivity index (χ4v) is 1.98. The highest BCUT2D eigenvalue weighted by atomic mass is 16.5. The van der Waals surface area contributed by atoms with Crippen LogP contribution in [0.3, 0.4) is 0 Å². The molecule has 0 aromatic heterocycles. The maximum absolute atomic E-state index is 5.41. The first-order valence-electron chi connectivity index (χ1n) is 5.05. The molecule has 0 atom stereocenters. The van der Waals surface area contributed by atoms with E-state index in [1.165, 1.54) is 11.1 Å². The average Bonchev–Trinajstić information content (AvgIpc) is 2.27. The molecule has 1 heterocycles. The predicted octanol–water partition coefficient (Wildman–Crippen LogP) is 1.32. The number of hydrogen-bond acceptors (Lipinski definition) is 2. The normalized spacial score (nSPS) is 14.2. The van der Waals surface area contributed by atoms with Crippen molar-refractivity contribution >= 4 is 6.21 Å². The SMILES string of the molecule is COc1ccc2c(c1OC)CC[N+](C)=C2. The molecule has 0 amide bonds. The molecule has 1 aromatic carbocycles. The summed E-state index contributed by atoms with van der Waals surface area (Å²) < 4.78 is 12.9. The molecule has 0 saturated heterocycles. The fraction of sp³-hybridized carbons (Fsp3) is 0.417. The molecule has 3 heteroatoms. The highest BCUT2D eigenvalue weighted by molar-refractivity contribution is 5.81. The van der Waals surface area contributed by atoms with Crippen molar-refractivity contribution in [3.05, 3.63) is 23.3 Å². The molecule has 1 aliphatic heterocycles. The van der Waals surface area contributed by atoms with Crippen LogP contribution in [0.25, 0.3) is 0 Å². The average molecular weight is 206 g/mol. The van der Waals surface area contributed by atoms with Gasteiger partial charge >= 0.3 is 0 Å². The Morgan fingerprint density at radius 1 is 1.20 bits per heavy atom. The summed E-state index contributed by atoms with van der Waals surface area (Å²) in [4.78, 5) is 0. The van der Waals surface area contributed by atoms with Gasteiger partial charge in [0.1, 0.15) is 13.6 Å². The molecule has 15 heavy (non-hydrogen) atoms. The molecule has 2 rings (SSSR count). The molecule has 0 radical (unpaired) electrons. The van der Waals surface area contributed by atoms with Gasteiger partial charge in [-0.15, -0.1) is 0 Å². The summed E-state index contributed by atoms with van der Waals surface area (Å²) in [6, 6.07) is 4.03. The van der Waals surface area contributed by atoms with E-state index in [2.05, 4.69) is 23.9 Å². The van der Waals surface area contributed by atoms with Crippen molar-refractivity contribution in [1.82, 2.24) is 0 Å². The Hall–Kier alpha value is -1.51. The highest BCUT2D eigenvalue weighted by Gasteiger charge is 2.20. The molecule has 1 aliphatic rings. The van der Waals surface area contributed by atoms with E-state index in [9.17, 15) is 0 Å². The Morgan fingerprint density at radius 2 is 2.00 bits per heavy atom. The molecule has 0 aliphatic carbocycles. The van der Waals surface area contributed by atoms with Gasteiger partial charge in [-0.3, -0.25) is 0 Å². The lowest BCUT2D eigenvalue weighted by Crippen LogP contribution is -2.19. The quantitative estimate of drug-likeness (QED) is 0.681. The number of fused-ring (bicyclic) bond motifs is 1. The van der Waals surface area contributed by atoms with E-state index in [0.717, 1.165) is 24.5 Å². The van der Waals surface area contributed by atoms with Crippen molar-refractivity contribution in [2.75, 3.05) is 27.8 Å². The number of hydrogen-bond donors (Lipinski definition) is 0. The molecule has 0 saturated carbocycles. The van der Waals surface area contributed by atoms with E-state index < -0.39 is 0 Å². The van der Waals surface area contributed by atoms with Gasteiger partial charge in [-0.1, -0.05) is 0 Å². The summed E-state index contributed by atoms with van der Waals surface area (Å²) >= 11 is 0. The Kier molecular flexibility index (Phi) is 2.62. The molecule has 3 nitrogen and oxygen atoms in total. The Morgan fingerprint density at radius 3 is 2.67 bits per heavy atom. The lowest BCUT2D eigenvalue weighted by molar-refractivity contribution is -0.493. The topological polar surface area (TPSA) is 21.5 Å². The van der Waals surface area contributed by atoms with E-state index in [1.54, 1.807) is 14.2 Å². The highest BCUT2D eigenvalue weighted by Crippen LogP contribution is 2.34. The molecular weight excluding hydrogens is 190 g/mol. The van der Waals surface area contributed by atoms with E-state index >= 15 is 0 Å². The van der Waals surface area contributed by atoms with Crippen LogP contribution in [0.15, 0.2) is 12.1 Å². The van der Waals surface area contributed by atoms with Crippen LogP contribution in [-0.4, -0.2) is 38.6 Å². The molecule has 80 valence electrons. The number of benzene rings is 1. The minimum absolute atomic E-state index is 0.814. The number of rotatable bonds is 2. The van der Waals surface area contributed by atoms with Gasteiger partial charge in [-0.05, 0) is 12.1 Å². The van der Waals surface area contributed by atoms with Crippen molar-refractivity contribution in [1.29, 1.82) is 0 Å². The second-order valence-electron chi connectivity index (χ2n) is 3.73. The van der Waals surface area contributed by atoms with E-state index in [-0.39, 0.29) is 0 Å². The Balaban J connectivity index is 2.56. The fourth-order valence-electron chi connectivity index (χ4n) is 1.98. The van der Waals surface area contributed by atoms with Crippen molar-refractivity contribution in [3.63, 3.8) is 0 Å². The summed E-state index contributed by atoms with van der Waals surface area (Å²) in [7, 11) is 5.44. The van der Waals surface area contributed by atoms with Gasteiger partial charge in [-0.25, -0.2) is 4.58 Å². The standard InChI is InChI=1S/C12H16NO2/c1-13-7-6-10-9(8-13)4-5-11(14-2)12(10)15-3/h4-5,8H,6-7H2,1-3H3/q+1. The van der Waals surface area contributed by atoms with Crippen LogP contribution in [0.4, 0.5) is 0 Å². The minimum atomic E-state index is 0.814. The van der Waals surface area contributed by atoms with Gasteiger partial charge in [0.05, 0.1) is 14.2 Å². The van der Waals surface area contributed by atoms with Gasteiger partial charge in [0.25, 0.3) is 0 Å².